The van der Waals surface area contributed by atoms with Crippen molar-refractivity contribution in [2.24, 2.45) is 0 Å². The van der Waals surface area contributed by atoms with E-state index in [9.17, 15) is 9.59 Å². The molecule has 0 aliphatic carbocycles. The first-order chi connectivity index (χ1) is 12.1. The number of H-pyrrole nitrogens is 1. The molecule has 0 unspecified atom stereocenters. The number of nitrogens with one attached hydrogen (secondary N) is 2. The molecule has 2 N–H and O–H groups in total. The highest BCUT2D eigenvalue weighted by Crippen LogP contribution is 2.20. The summed E-state index contributed by atoms with van der Waals surface area (Å²) in [4.78, 5) is 26.4. The van der Waals surface area contributed by atoms with Gasteiger partial charge in [-0.2, -0.15) is 0 Å². The van der Waals surface area contributed by atoms with Crippen LogP contribution in [0.5, 0.6) is 5.75 Å². The number of aryl methyl sites for hydroxylation is 1. The van der Waals surface area contributed by atoms with Crippen molar-refractivity contribution in [1.82, 2.24) is 19.6 Å². The predicted molar refractivity (Wildman–Crippen MR) is 95.3 cm³/mol. The monoisotopic (exact) mass is 359 g/mol. The summed E-state index contributed by atoms with van der Waals surface area (Å²) in [5.74, 6) is 1.04. The minimum Gasteiger partial charge on any atom is -0.497 e. The lowest BCUT2D eigenvalue weighted by Gasteiger charge is -2.07. The van der Waals surface area contributed by atoms with Gasteiger partial charge in [0, 0.05) is 23.5 Å². The number of carbonyl (C=O) groups is 1. The lowest BCUT2D eigenvalue weighted by atomic mass is 10.3. The van der Waals surface area contributed by atoms with E-state index >= 15 is 0 Å². The van der Waals surface area contributed by atoms with Gasteiger partial charge >= 0.3 is 0 Å². The van der Waals surface area contributed by atoms with Gasteiger partial charge in [-0.3, -0.25) is 19.0 Å². The molecule has 0 spiro atoms. The summed E-state index contributed by atoms with van der Waals surface area (Å²) in [5.41, 5.74) is 1.23. The van der Waals surface area contributed by atoms with Gasteiger partial charge in [0.2, 0.25) is 11.7 Å². The summed E-state index contributed by atoms with van der Waals surface area (Å²) in [6, 6.07) is 8.65. The molecular weight excluding hydrogens is 342 g/mol. The van der Waals surface area contributed by atoms with Crippen molar-refractivity contribution in [2.75, 3.05) is 18.2 Å². The zero-order chi connectivity index (χ0) is 17.8. The molecule has 3 rings (SSSR count). The number of methoxy groups -OCH3 is 1. The van der Waals surface area contributed by atoms with E-state index in [4.69, 9.17) is 4.74 Å². The Hall–Kier alpha value is -2.81. The van der Waals surface area contributed by atoms with Crippen LogP contribution in [0.3, 0.4) is 0 Å². The third-order valence-electron chi connectivity index (χ3n) is 3.50. The second-order valence-corrected chi connectivity index (χ2v) is 6.13. The Bertz CT molecular complexity index is 966. The molecule has 2 heterocycles. The summed E-state index contributed by atoms with van der Waals surface area (Å²) >= 11 is 1.25. The van der Waals surface area contributed by atoms with Gasteiger partial charge in [0.1, 0.15) is 5.75 Å². The fourth-order valence-electron chi connectivity index (χ4n) is 2.35. The summed E-state index contributed by atoms with van der Waals surface area (Å²) < 4.78 is 6.89. The van der Waals surface area contributed by atoms with E-state index in [1.807, 2.05) is 6.92 Å². The summed E-state index contributed by atoms with van der Waals surface area (Å²) in [5, 5.41) is 11.4. The van der Waals surface area contributed by atoms with Crippen LogP contribution in [0.2, 0.25) is 0 Å². The maximum absolute atomic E-state index is 12.2. The van der Waals surface area contributed by atoms with Crippen molar-refractivity contribution in [3.05, 3.63) is 46.4 Å². The number of anilines is 1. The Kier molecular flexibility index (Phi) is 5.03. The lowest BCUT2D eigenvalue weighted by Crippen LogP contribution is -2.15. The quantitative estimate of drug-likeness (QED) is 0.650. The van der Waals surface area contributed by atoms with Gasteiger partial charge < -0.3 is 10.1 Å². The number of aromatic amines is 1. The van der Waals surface area contributed by atoms with Gasteiger partial charge in [-0.25, -0.2) is 0 Å². The molecule has 0 aliphatic heterocycles. The number of ether oxygens (including phenoxy) is 1. The first-order valence-electron chi connectivity index (χ1n) is 7.64. The molecule has 0 bridgehead atoms. The predicted octanol–water partition coefficient (Wildman–Crippen LogP) is 1.72. The van der Waals surface area contributed by atoms with Crippen LogP contribution in [0.4, 0.5) is 5.69 Å². The fraction of sp³-hybridized carbons (Fsp3) is 0.250. The zero-order valence-electron chi connectivity index (χ0n) is 13.8. The third kappa shape index (κ3) is 3.82. The Balaban J connectivity index is 1.72. The van der Waals surface area contributed by atoms with E-state index in [1.54, 1.807) is 35.8 Å². The van der Waals surface area contributed by atoms with Crippen LogP contribution in [0.15, 0.2) is 40.3 Å². The molecule has 1 amide bonds. The van der Waals surface area contributed by atoms with Crippen molar-refractivity contribution >= 4 is 29.1 Å². The van der Waals surface area contributed by atoms with Crippen LogP contribution in [0.1, 0.15) is 12.6 Å². The number of rotatable bonds is 6. The number of aromatic nitrogens is 4. The SMILES string of the molecule is CCc1cc(=O)[nH]c2nnc(SCC(=O)Nc3cccc(OC)c3)n12. The van der Waals surface area contributed by atoms with Crippen molar-refractivity contribution in [3.63, 3.8) is 0 Å². The maximum Gasteiger partial charge on any atom is 0.252 e. The first kappa shape index (κ1) is 17.0. The molecule has 1 aromatic carbocycles. The highest BCUT2D eigenvalue weighted by atomic mass is 32.2. The molecule has 0 aliphatic rings. The summed E-state index contributed by atoms with van der Waals surface area (Å²) in [6.45, 7) is 1.94. The number of hydrogen-bond donors (Lipinski definition) is 2. The number of fused-ring (bicyclic) bond motifs is 1. The molecule has 0 radical (unpaired) electrons. The molecule has 8 nitrogen and oxygen atoms in total. The smallest absolute Gasteiger partial charge is 0.252 e. The Morgan fingerprint density at radius 1 is 1.36 bits per heavy atom. The minimum absolute atomic E-state index is 0.167. The van der Waals surface area contributed by atoms with Crippen molar-refractivity contribution in [1.29, 1.82) is 0 Å². The molecular formula is C16H17N5O3S. The molecule has 0 saturated carbocycles. The molecule has 0 atom stereocenters. The van der Waals surface area contributed by atoms with Crippen molar-refractivity contribution < 1.29 is 9.53 Å². The van der Waals surface area contributed by atoms with Gasteiger partial charge in [0.15, 0.2) is 5.16 Å². The third-order valence-corrected chi connectivity index (χ3v) is 4.43. The number of benzene rings is 1. The average Bonchev–Trinajstić information content (AvgIpc) is 3.02. The van der Waals surface area contributed by atoms with E-state index < -0.39 is 0 Å². The maximum atomic E-state index is 12.2. The molecule has 0 saturated heterocycles. The Morgan fingerprint density at radius 3 is 2.96 bits per heavy atom. The average molecular weight is 359 g/mol. The molecule has 0 fully saturated rings. The van der Waals surface area contributed by atoms with Crippen molar-refractivity contribution in [3.8, 4) is 5.75 Å². The molecule has 130 valence electrons. The van der Waals surface area contributed by atoms with Gasteiger partial charge in [0.05, 0.1) is 12.9 Å². The van der Waals surface area contributed by atoms with Crippen LogP contribution in [0.25, 0.3) is 5.78 Å². The van der Waals surface area contributed by atoms with E-state index in [-0.39, 0.29) is 17.2 Å². The number of carbonyl (C=O) groups excluding carboxylic acids is 1. The number of amides is 1. The topological polar surface area (TPSA) is 101 Å². The lowest BCUT2D eigenvalue weighted by molar-refractivity contribution is -0.113. The van der Waals surface area contributed by atoms with Gasteiger partial charge in [-0.05, 0) is 18.6 Å². The number of hydrogen-bond acceptors (Lipinski definition) is 6. The van der Waals surface area contributed by atoms with E-state index in [1.165, 1.54) is 17.8 Å². The molecule has 2 aromatic heterocycles. The van der Waals surface area contributed by atoms with Gasteiger partial charge in [-0.15, -0.1) is 10.2 Å². The second kappa shape index (κ2) is 7.39. The van der Waals surface area contributed by atoms with Crippen LogP contribution in [0, 0.1) is 0 Å². The normalized spacial score (nSPS) is 10.8. The van der Waals surface area contributed by atoms with Gasteiger partial charge in [-0.1, -0.05) is 24.8 Å². The van der Waals surface area contributed by atoms with Crippen molar-refractivity contribution in [2.45, 2.75) is 18.5 Å². The van der Waals surface area contributed by atoms with Crippen LogP contribution in [-0.2, 0) is 11.2 Å². The molecule has 25 heavy (non-hydrogen) atoms. The minimum atomic E-state index is -0.218. The fourth-order valence-corrected chi connectivity index (χ4v) is 3.12. The number of thioether (sulfide) groups is 1. The zero-order valence-corrected chi connectivity index (χ0v) is 14.6. The number of nitrogens with zero attached hydrogens (tertiary/aromatic N) is 3. The standard InChI is InChI=1S/C16H17N5O3S/c1-3-11-8-13(22)18-15-19-20-16(21(11)15)25-9-14(23)17-10-5-4-6-12(7-10)24-2/h4-8H,3,9H2,1-2H3,(H,17,23)(H,18,19,22). The second-order valence-electron chi connectivity index (χ2n) is 5.19. The highest BCUT2D eigenvalue weighted by molar-refractivity contribution is 7.99. The van der Waals surface area contributed by atoms with E-state index in [2.05, 4.69) is 20.5 Å². The van der Waals surface area contributed by atoms with Crippen LogP contribution in [-0.4, -0.2) is 38.4 Å². The molecule has 9 heteroatoms. The Morgan fingerprint density at radius 2 is 2.20 bits per heavy atom. The summed E-state index contributed by atoms with van der Waals surface area (Å²) in [6.07, 6.45) is 0.655. The summed E-state index contributed by atoms with van der Waals surface area (Å²) in [7, 11) is 1.57. The highest BCUT2D eigenvalue weighted by Gasteiger charge is 2.13. The first-order valence-corrected chi connectivity index (χ1v) is 8.63. The van der Waals surface area contributed by atoms with E-state index in [0.717, 1.165) is 5.69 Å². The largest absolute Gasteiger partial charge is 0.497 e. The van der Waals surface area contributed by atoms with E-state index in [0.29, 0.717) is 28.8 Å². The Labute approximate surface area is 147 Å². The van der Waals surface area contributed by atoms with Crippen LogP contribution >= 0.6 is 11.8 Å². The van der Waals surface area contributed by atoms with Crippen LogP contribution < -0.4 is 15.6 Å². The van der Waals surface area contributed by atoms with Gasteiger partial charge in [0.25, 0.3) is 5.56 Å². The molecule has 3 aromatic rings.